The Bertz CT molecular complexity index is 1040. The summed E-state index contributed by atoms with van der Waals surface area (Å²) >= 11 is 0. The van der Waals surface area contributed by atoms with Gasteiger partial charge in [0.25, 0.3) is 5.91 Å². The molecule has 1 heterocycles. The predicted molar refractivity (Wildman–Crippen MR) is 108 cm³/mol. The second-order valence-corrected chi connectivity index (χ2v) is 8.50. The lowest BCUT2D eigenvalue weighted by Crippen LogP contribution is -2.50. The molecule has 0 aromatic heterocycles. The minimum Gasteiger partial charge on any atom is -0.497 e. The molecular formula is C20H22N2O7S. The van der Waals surface area contributed by atoms with Crippen LogP contribution in [-0.4, -0.2) is 75.0 Å². The van der Waals surface area contributed by atoms with E-state index in [9.17, 15) is 18.0 Å². The lowest BCUT2D eigenvalue weighted by molar-refractivity contribution is 0.0684. The van der Waals surface area contributed by atoms with Crippen molar-refractivity contribution in [3.05, 3.63) is 53.6 Å². The number of carboxylic acid groups (broad SMARTS) is 1. The maximum Gasteiger partial charge on any atom is 0.335 e. The molecule has 2 aromatic rings. The molecule has 0 radical (unpaired) electrons. The largest absolute Gasteiger partial charge is 0.497 e. The van der Waals surface area contributed by atoms with E-state index in [1.807, 2.05) is 0 Å². The molecule has 3 rings (SSSR count). The third-order valence-corrected chi connectivity index (χ3v) is 6.83. The van der Waals surface area contributed by atoms with Gasteiger partial charge < -0.3 is 19.5 Å². The lowest BCUT2D eigenvalue weighted by atomic mass is 10.1. The molecule has 30 heavy (non-hydrogen) atoms. The third kappa shape index (κ3) is 4.24. The Labute approximate surface area is 174 Å². The predicted octanol–water partition coefficient (Wildman–Crippen LogP) is 1.55. The Kier molecular flexibility index (Phi) is 6.28. The van der Waals surface area contributed by atoms with Crippen LogP contribution in [0.15, 0.2) is 47.4 Å². The minimum absolute atomic E-state index is 0.0369. The van der Waals surface area contributed by atoms with Gasteiger partial charge in [0.05, 0.1) is 19.8 Å². The van der Waals surface area contributed by atoms with Gasteiger partial charge in [0.15, 0.2) is 0 Å². The number of methoxy groups -OCH3 is 2. The molecule has 0 aliphatic carbocycles. The Morgan fingerprint density at radius 1 is 0.900 bits per heavy atom. The van der Waals surface area contributed by atoms with Crippen molar-refractivity contribution >= 4 is 21.9 Å². The van der Waals surface area contributed by atoms with Gasteiger partial charge in [0.1, 0.15) is 16.4 Å². The zero-order valence-electron chi connectivity index (χ0n) is 16.6. The zero-order valence-corrected chi connectivity index (χ0v) is 17.4. The molecule has 0 unspecified atom stereocenters. The summed E-state index contributed by atoms with van der Waals surface area (Å²) in [5.41, 5.74) is 0.448. The average Bonchev–Trinajstić information content (AvgIpc) is 2.78. The fraction of sp³-hybridized carbons (Fsp3) is 0.300. The van der Waals surface area contributed by atoms with Crippen LogP contribution in [0.2, 0.25) is 0 Å². The molecule has 0 saturated carbocycles. The number of carbonyl (C=O) groups is 2. The van der Waals surface area contributed by atoms with Gasteiger partial charge in [-0.05, 0) is 36.4 Å². The maximum atomic E-state index is 13.1. The summed E-state index contributed by atoms with van der Waals surface area (Å²) < 4.78 is 37.8. The Hall–Kier alpha value is -3.11. The smallest absolute Gasteiger partial charge is 0.335 e. The molecule has 0 atom stereocenters. The average molecular weight is 434 g/mol. The first-order valence-electron chi connectivity index (χ1n) is 9.12. The number of carbonyl (C=O) groups excluding carboxylic acids is 1. The van der Waals surface area contributed by atoms with Gasteiger partial charge in [-0.1, -0.05) is 0 Å². The van der Waals surface area contributed by atoms with Crippen LogP contribution >= 0.6 is 0 Å². The number of piperazine rings is 1. The number of sulfonamides is 1. The van der Waals surface area contributed by atoms with E-state index < -0.39 is 16.0 Å². The number of ether oxygens (including phenoxy) is 2. The second-order valence-electron chi connectivity index (χ2n) is 6.60. The van der Waals surface area contributed by atoms with Crippen LogP contribution in [0.25, 0.3) is 0 Å². The third-order valence-electron chi connectivity index (χ3n) is 4.89. The molecule has 1 N–H and O–H groups in total. The summed E-state index contributed by atoms with van der Waals surface area (Å²) in [6.45, 7) is 0.710. The van der Waals surface area contributed by atoms with E-state index in [1.165, 1.54) is 54.9 Å². The number of carboxylic acids is 1. The highest BCUT2D eigenvalue weighted by molar-refractivity contribution is 7.89. The van der Waals surface area contributed by atoms with Crippen molar-refractivity contribution in [3.63, 3.8) is 0 Å². The summed E-state index contributed by atoms with van der Waals surface area (Å²) in [7, 11) is -0.940. The standard InChI is InChI=1S/C20H22N2O7S/c1-28-16-7-8-18(17(13-16)29-2)30(26,27)22-11-9-21(10-12-22)19(23)14-3-5-15(6-4-14)20(24)25/h3-8,13H,9-12H2,1-2H3,(H,24,25). The molecule has 10 heteroatoms. The molecule has 1 aliphatic rings. The van der Waals surface area contributed by atoms with Crippen molar-refractivity contribution < 1.29 is 32.6 Å². The van der Waals surface area contributed by atoms with Crippen LogP contribution < -0.4 is 9.47 Å². The van der Waals surface area contributed by atoms with Crippen LogP contribution in [0.3, 0.4) is 0 Å². The van der Waals surface area contributed by atoms with Crippen LogP contribution in [0.4, 0.5) is 0 Å². The van der Waals surface area contributed by atoms with Gasteiger partial charge in [-0.15, -0.1) is 0 Å². The minimum atomic E-state index is -3.81. The highest BCUT2D eigenvalue weighted by atomic mass is 32.2. The highest BCUT2D eigenvalue weighted by Crippen LogP contribution is 2.31. The van der Waals surface area contributed by atoms with Gasteiger partial charge in [-0.3, -0.25) is 4.79 Å². The quantitative estimate of drug-likeness (QED) is 0.734. The van der Waals surface area contributed by atoms with Crippen LogP contribution in [0, 0.1) is 0 Å². The molecule has 1 saturated heterocycles. The van der Waals surface area contributed by atoms with E-state index in [-0.39, 0.29) is 48.3 Å². The SMILES string of the molecule is COc1ccc(S(=O)(=O)N2CCN(C(=O)c3ccc(C(=O)O)cc3)CC2)c(OC)c1. The van der Waals surface area contributed by atoms with Gasteiger partial charge in [-0.2, -0.15) is 4.31 Å². The molecule has 1 fully saturated rings. The first kappa shape index (κ1) is 21.6. The number of rotatable bonds is 6. The summed E-state index contributed by atoms with van der Waals surface area (Å²) in [4.78, 5) is 25.2. The van der Waals surface area contributed by atoms with E-state index in [0.29, 0.717) is 11.3 Å². The number of benzene rings is 2. The molecule has 160 valence electrons. The monoisotopic (exact) mass is 434 g/mol. The van der Waals surface area contributed by atoms with Crippen LogP contribution in [-0.2, 0) is 10.0 Å². The topological polar surface area (TPSA) is 113 Å². The van der Waals surface area contributed by atoms with Gasteiger partial charge in [0.2, 0.25) is 10.0 Å². The molecule has 0 spiro atoms. The van der Waals surface area contributed by atoms with E-state index in [2.05, 4.69) is 0 Å². The van der Waals surface area contributed by atoms with Crippen LogP contribution in [0.1, 0.15) is 20.7 Å². The fourth-order valence-corrected chi connectivity index (χ4v) is 4.76. The summed E-state index contributed by atoms with van der Waals surface area (Å²) in [6.07, 6.45) is 0. The Balaban J connectivity index is 1.71. The molecule has 1 amide bonds. The molecule has 2 aromatic carbocycles. The van der Waals surface area contributed by atoms with Crippen molar-refractivity contribution in [1.82, 2.24) is 9.21 Å². The van der Waals surface area contributed by atoms with Crippen molar-refractivity contribution in [1.29, 1.82) is 0 Å². The number of amides is 1. The molecular weight excluding hydrogens is 412 g/mol. The van der Waals surface area contributed by atoms with Crippen LogP contribution in [0.5, 0.6) is 11.5 Å². The van der Waals surface area contributed by atoms with E-state index in [1.54, 1.807) is 11.0 Å². The number of aromatic carboxylic acids is 1. The lowest BCUT2D eigenvalue weighted by Gasteiger charge is -2.34. The molecule has 0 bridgehead atoms. The summed E-state index contributed by atoms with van der Waals surface area (Å²) in [6, 6.07) is 10.1. The highest BCUT2D eigenvalue weighted by Gasteiger charge is 2.32. The van der Waals surface area contributed by atoms with E-state index in [0.717, 1.165) is 0 Å². The first-order valence-corrected chi connectivity index (χ1v) is 10.6. The number of hydrogen-bond donors (Lipinski definition) is 1. The maximum absolute atomic E-state index is 13.1. The van der Waals surface area contributed by atoms with Gasteiger partial charge >= 0.3 is 5.97 Å². The zero-order chi connectivity index (χ0) is 21.9. The van der Waals surface area contributed by atoms with Gasteiger partial charge in [-0.25, -0.2) is 13.2 Å². The normalized spacial score (nSPS) is 14.9. The number of hydrogen-bond acceptors (Lipinski definition) is 6. The van der Waals surface area contributed by atoms with E-state index >= 15 is 0 Å². The first-order chi connectivity index (χ1) is 14.3. The second kappa shape index (κ2) is 8.72. The molecule has 1 aliphatic heterocycles. The van der Waals surface area contributed by atoms with Crippen molar-refractivity contribution in [3.8, 4) is 11.5 Å². The van der Waals surface area contributed by atoms with Gasteiger partial charge in [0, 0.05) is 37.8 Å². The fourth-order valence-electron chi connectivity index (χ4n) is 3.20. The number of nitrogens with zero attached hydrogens (tertiary/aromatic N) is 2. The van der Waals surface area contributed by atoms with Crippen molar-refractivity contribution in [2.45, 2.75) is 4.90 Å². The van der Waals surface area contributed by atoms with E-state index in [4.69, 9.17) is 14.6 Å². The summed E-state index contributed by atoms with van der Waals surface area (Å²) in [5, 5.41) is 8.96. The van der Waals surface area contributed by atoms with Crippen molar-refractivity contribution in [2.24, 2.45) is 0 Å². The van der Waals surface area contributed by atoms with Crippen molar-refractivity contribution in [2.75, 3.05) is 40.4 Å². The summed E-state index contributed by atoms with van der Waals surface area (Å²) in [5.74, 6) is -0.672. The molecule has 9 nitrogen and oxygen atoms in total. The Morgan fingerprint density at radius 3 is 2.03 bits per heavy atom. The Morgan fingerprint density at radius 2 is 1.50 bits per heavy atom.